The molecule has 0 fully saturated rings. The SMILES string of the molecule is [CH2]C([CH2])OC(=O)CCC(CCCCCCCCCCCC)OC(=O)NCCN(C)CC. The summed E-state index contributed by atoms with van der Waals surface area (Å²) < 4.78 is 10.6. The van der Waals surface area contributed by atoms with Crippen LogP contribution in [0, 0.1) is 13.8 Å². The lowest BCUT2D eigenvalue weighted by Crippen LogP contribution is -2.35. The molecule has 0 aromatic heterocycles. The highest BCUT2D eigenvalue weighted by Gasteiger charge is 2.17. The summed E-state index contributed by atoms with van der Waals surface area (Å²) in [6.07, 6.45) is 12.7. The van der Waals surface area contributed by atoms with E-state index in [0.29, 0.717) is 13.0 Å². The number of hydrogen-bond acceptors (Lipinski definition) is 5. The number of amides is 1. The highest BCUT2D eigenvalue weighted by atomic mass is 16.6. The highest BCUT2D eigenvalue weighted by molar-refractivity contribution is 5.70. The second-order valence-electron chi connectivity index (χ2n) is 8.47. The first kappa shape index (κ1) is 29.7. The minimum atomic E-state index is -0.618. The number of ether oxygens (including phenoxy) is 2. The number of unbranched alkanes of at least 4 members (excludes halogenated alkanes) is 9. The molecular weight excluding hydrogens is 392 g/mol. The lowest BCUT2D eigenvalue weighted by molar-refractivity contribution is -0.146. The van der Waals surface area contributed by atoms with Gasteiger partial charge in [0.2, 0.25) is 0 Å². The van der Waals surface area contributed by atoms with Crippen LogP contribution in [-0.2, 0) is 14.3 Å². The average molecular weight is 441 g/mol. The van der Waals surface area contributed by atoms with Gasteiger partial charge < -0.3 is 19.7 Å². The lowest BCUT2D eigenvalue weighted by Gasteiger charge is -2.19. The van der Waals surface area contributed by atoms with Gasteiger partial charge in [0.25, 0.3) is 0 Å². The first-order chi connectivity index (χ1) is 14.9. The summed E-state index contributed by atoms with van der Waals surface area (Å²) in [7, 11) is 2.01. The van der Waals surface area contributed by atoms with Crippen LogP contribution in [0.25, 0.3) is 0 Å². The second-order valence-corrected chi connectivity index (χ2v) is 8.47. The third-order valence-electron chi connectivity index (χ3n) is 5.42. The molecule has 0 aromatic rings. The third-order valence-corrected chi connectivity index (χ3v) is 5.42. The van der Waals surface area contributed by atoms with Gasteiger partial charge >= 0.3 is 12.1 Å². The van der Waals surface area contributed by atoms with Crippen molar-refractivity contribution in [2.75, 3.05) is 26.7 Å². The molecule has 0 aliphatic rings. The Hall–Kier alpha value is -1.30. The molecule has 0 rings (SSSR count). The van der Waals surface area contributed by atoms with E-state index in [1.54, 1.807) is 0 Å². The predicted octanol–water partition coefficient (Wildman–Crippen LogP) is 5.70. The quantitative estimate of drug-likeness (QED) is 0.194. The van der Waals surface area contributed by atoms with Crippen LogP contribution in [0.1, 0.15) is 97.3 Å². The monoisotopic (exact) mass is 440 g/mol. The molecule has 0 bridgehead atoms. The zero-order chi connectivity index (χ0) is 23.3. The number of nitrogens with one attached hydrogen (secondary N) is 1. The van der Waals surface area contributed by atoms with E-state index < -0.39 is 12.2 Å². The van der Waals surface area contributed by atoms with Crippen LogP contribution < -0.4 is 5.32 Å². The number of likely N-dealkylation sites (N-methyl/N-ethyl adjacent to an activating group) is 1. The summed E-state index contributed by atoms with van der Waals surface area (Å²) >= 11 is 0. The molecule has 1 unspecified atom stereocenters. The van der Waals surface area contributed by atoms with Gasteiger partial charge in [-0.05, 0) is 46.7 Å². The number of carbonyl (C=O) groups excluding carboxylic acids is 2. The number of rotatable bonds is 20. The molecule has 2 radical (unpaired) electrons. The molecule has 0 saturated carbocycles. The van der Waals surface area contributed by atoms with Crippen LogP contribution in [0.4, 0.5) is 4.79 Å². The van der Waals surface area contributed by atoms with Gasteiger partial charge in [-0.3, -0.25) is 4.79 Å². The summed E-state index contributed by atoms with van der Waals surface area (Å²) in [4.78, 5) is 26.1. The van der Waals surface area contributed by atoms with E-state index >= 15 is 0 Å². The number of hydrogen-bond donors (Lipinski definition) is 1. The molecule has 1 amide bonds. The van der Waals surface area contributed by atoms with E-state index in [4.69, 9.17) is 9.47 Å². The van der Waals surface area contributed by atoms with Crippen LogP contribution in [-0.4, -0.2) is 55.9 Å². The molecule has 6 heteroatoms. The van der Waals surface area contributed by atoms with Gasteiger partial charge in [-0.1, -0.05) is 71.6 Å². The molecule has 182 valence electrons. The maximum absolute atomic E-state index is 12.1. The van der Waals surface area contributed by atoms with Crippen molar-refractivity contribution in [2.24, 2.45) is 0 Å². The van der Waals surface area contributed by atoms with Crippen LogP contribution in [0.3, 0.4) is 0 Å². The summed E-state index contributed by atoms with van der Waals surface area (Å²) in [5.74, 6) is -0.350. The van der Waals surface area contributed by atoms with Crippen molar-refractivity contribution in [1.82, 2.24) is 10.2 Å². The second kappa shape index (κ2) is 20.6. The molecule has 0 aliphatic heterocycles. The Kier molecular flexibility index (Phi) is 19.7. The molecule has 31 heavy (non-hydrogen) atoms. The third kappa shape index (κ3) is 20.4. The summed E-state index contributed by atoms with van der Waals surface area (Å²) in [6, 6.07) is 0. The normalized spacial score (nSPS) is 12.2. The van der Waals surface area contributed by atoms with Crippen molar-refractivity contribution in [3.05, 3.63) is 13.8 Å². The first-order valence-electron chi connectivity index (χ1n) is 12.4. The van der Waals surface area contributed by atoms with E-state index in [2.05, 4.69) is 37.9 Å². The van der Waals surface area contributed by atoms with Crippen molar-refractivity contribution in [3.8, 4) is 0 Å². The zero-order valence-electron chi connectivity index (χ0n) is 20.5. The minimum absolute atomic E-state index is 0.204. The van der Waals surface area contributed by atoms with Crippen LogP contribution in [0.5, 0.6) is 0 Å². The van der Waals surface area contributed by atoms with Crippen molar-refractivity contribution in [2.45, 2.75) is 110 Å². The Morgan fingerprint density at radius 3 is 2.00 bits per heavy atom. The maximum atomic E-state index is 12.1. The number of nitrogens with zero attached hydrogens (tertiary/aromatic N) is 1. The Balaban J connectivity index is 4.17. The molecule has 0 spiro atoms. The number of alkyl carbamates (subject to hydrolysis) is 1. The van der Waals surface area contributed by atoms with Gasteiger partial charge in [0, 0.05) is 19.5 Å². The molecule has 0 aliphatic carbocycles. The van der Waals surface area contributed by atoms with Crippen LogP contribution >= 0.6 is 0 Å². The number of esters is 1. The molecular formula is C25H48N2O4. The van der Waals surface area contributed by atoms with E-state index in [9.17, 15) is 9.59 Å². The Bertz CT molecular complexity index is 443. The van der Waals surface area contributed by atoms with Gasteiger partial charge in [0.05, 0.1) is 0 Å². The van der Waals surface area contributed by atoms with E-state index in [1.807, 2.05) is 7.05 Å². The average Bonchev–Trinajstić information content (AvgIpc) is 2.72. The summed E-state index contributed by atoms with van der Waals surface area (Å²) in [6.45, 7) is 13.7. The van der Waals surface area contributed by atoms with Gasteiger partial charge in [-0.15, -0.1) is 0 Å². The smallest absolute Gasteiger partial charge is 0.407 e. The Labute approximate surface area is 191 Å². The fourth-order valence-corrected chi connectivity index (χ4v) is 3.35. The molecule has 0 aromatic carbocycles. The van der Waals surface area contributed by atoms with Crippen molar-refractivity contribution in [3.63, 3.8) is 0 Å². The standard InChI is InChI=1S/C25H48N2O4/c1-6-8-9-10-11-12-13-14-15-16-17-23(18-19-24(28)30-22(3)4)31-25(29)26-20-21-27(5)7-2/h22-23H,3-4,6-21H2,1-2,5H3,(H,26,29). The largest absolute Gasteiger partial charge is 0.462 e. The van der Waals surface area contributed by atoms with Gasteiger partial charge in [-0.2, -0.15) is 0 Å². The minimum Gasteiger partial charge on any atom is -0.462 e. The predicted molar refractivity (Wildman–Crippen MR) is 128 cm³/mol. The Morgan fingerprint density at radius 1 is 0.871 bits per heavy atom. The van der Waals surface area contributed by atoms with Crippen molar-refractivity contribution >= 4 is 12.1 Å². The lowest BCUT2D eigenvalue weighted by atomic mass is 10.0. The highest BCUT2D eigenvalue weighted by Crippen LogP contribution is 2.16. The van der Waals surface area contributed by atoms with E-state index in [0.717, 1.165) is 32.4 Å². The molecule has 0 saturated heterocycles. The molecule has 0 heterocycles. The van der Waals surface area contributed by atoms with Crippen molar-refractivity contribution in [1.29, 1.82) is 0 Å². The fourth-order valence-electron chi connectivity index (χ4n) is 3.35. The Morgan fingerprint density at radius 2 is 1.45 bits per heavy atom. The van der Waals surface area contributed by atoms with Gasteiger partial charge in [-0.25, -0.2) is 4.79 Å². The zero-order valence-corrected chi connectivity index (χ0v) is 20.5. The summed E-state index contributed by atoms with van der Waals surface area (Å²) in [5.41, 5.74) is 0. The summed E-state index contributed by atoms with van der Waals surface area (Å²) in [5, 5.41) is 2.80. The fraction of sp³-hybridized carbons (Fsp3) is 0.840. The maximum Gasteiger partial charge on any atom is 0.407 e. The molecule has 1 atom stereocenters. The topological polar surface area (TPSA) is 67.9 Å². The van der Waals surface area contributed by atoms with Crippen LogP contribution in [0.15, 0.2) is 0 Å². The molecule has 1 N–H and O–H groups in total. The first-order valence-corrected chi connectivity index (χ1v) is 12.4. The van der Waals surface area contributed by atoms with E-state index in [-0.39, 0.29) is 18.5 Å². The van der Waals surface area contributed by atoms with E-state index in [1.165, 1.54) is 51.4 Å². The molecule has 6 nitrogen and oxygen atoms in total. The number of carbonyl (C=O) groups is 2. The van der Waals surface area contributed by atoms with Gasteiger partial charge in [0.15, 0.2) is 0 Å². The van der Waals surface area contributed by atoms with Crippen LogP contribution in [0.2, 0.25) is 0 Å². The van der Waals surface area contributed by atoms with Gasteiger partial charge in [0.1, 0.15) is 12.2 Å². The van der Waals surface area contributed by atoms with Crippen molar-refractivity contribution < 1.29 is 19.1 Å².